The van der Waals surface area contributed by atoms with Crippen LogP contribution in [-0.4, -0.2) is 110 Å². The summed E-state index contributed by atoms with van der Waals surface area (Å²) >= 11 is 0. The Morgan fingerprint density at radius 1 is 0.479 bits per heavy atom. The highest BCUT2D eigenvalue weighted by Crippen LogP contribution is 2.23. The molecule has 1 aliphatic rings. The molecule has 0 bridgehead atoms. The van der Waals surface area contributed by atoms with Gasteiger partial charge in [0.25, 0.3) is 0 Å². The molecule has 1 aliphatic heterocycles. The summed E-state index contributed by atoms with van der Waals surface area (Å²) in [7, 11) is 0. The second-order valence-electron chi connectivity index (χ2n) is 21.0. The fraction of sp³-hybridized carbons (Fsp3) is 0.883. The molecule has 71 heavy (non-hydrogen) atoms. The van der Waals surface area contributed by atoms with Crippen LogP contribution in [0.2, 0.25) is 0 Å². The summed E-state index contributed by atoms with van der Waals surface area (Å²) in [5.41, 5.74) is 0. The van der Waals surface area contributed by atoms with Crippen molar-refractivity contribution in [1.82, 2.24) is 5.32 Å². The molecule has 1 saturated heterocycles. The number of aliphatic hydroxyl groups excluding tert-OH is 7. The Kier molecular flexibility index (Phi) is 46.7. The first-order valence-electron chi connectivity index (χ1n) is 29.9. The van der Waals surface area contributed by atoms with Gasteiger partial charge in [-0.15, -0.1) is 0 Å². The topological polar surface area (TPSA) is 189 Å². The van der Waals surface area contributed by atoms with E-state index in [1.807, 2.05) is 0 Å². The monoisotopic (exact) mass is 1010 g/mol. The number of unbranched alkanes of at least 4 members (excludes halogenated alkanes) is 33. The molecule has 9 unspecified atom stereocenters. The lowest BCUT2D eigenvalue weighted by Crippen LogP contribution is -2.60. The Bertz CT molecular complexity index is 1250. The molecule has 9 atom stereocenters. The van der Waals surface area contributed by atoms with Gasteiger partial charge in [0.1, 0.15) is 36.6 Å². The highest BCUT2D eigenvalue weighted by molar-refractivity contribution is 5.80. The van der Waals surface area contributed by atoms with Gasteiger partial charge in [-0.25, -0.2) is 0 Å². The molecule has 1 amide bonds. The molecule has 8 N–H and O–H groups in total. The molecule has 1 rings (SSSR count). The van der Waals surface area contributed by atoms with Crippen LogP contribution < -0.4 is 5.32 Å². The number of carbonyl (C=O) groups is 1. The maximum atomic E-state index is 13.1. The first kappa shape index (κ1) is 67.3. The Labute approximate surface area is 435 Å². The summed E-state index contributed by atoms with van der Waals surface area (Å²) < 4.78 is 11.1. The molecule has 0 aromatic carbocycles. The number of aliphatic hydroxyl groups is 7. The van der Waals surface area contributed by atoms with Gasteiger partial charge in [0, 0.05) is 0 Å². The largest absolute Gasteiger partial charge is 0.394 e. The maximum absolute atomic E-state index is 13.1. The smallest absolute Gasteiger partial charge is 0.249 e. The first-order chi connectivity index (χ1) is 34.7. The first-order valence-corrected chi connectivity index (χ1v) is 29.9. The fourth-order valence-corrected chi connectivity index (χ4v) is 9.53. The van der Waals surface area contributed by atoms with Crippen molar-refractivity contribution in [3.63, 3.8) is 0 Å². The average molecular weight is 1010 g/mol. The molecule has 0 spiro atoms. The third-order valence-electron chi connectivity index (χ3n) is 14.4. The van der Waals surface area contributed by atoms with Crippen molar-refractivity contribution in [3.8, 4) is 0 Å². The SMILES string of the molecule is CCCCCCCCCCCCCCCCCCCCC/C=C/CC/C=C/CC/C=C/CCCC(O)C(O)C(COC1OC(CO)C(O)C(O)C1O)NC(=O)C(O)CCCCCCCCCCCCCC. The van der Waals surface area contributed by atoms with E-state index in [1.54, 1.807) is 0 Å². The summed E-state index contributed by atoms with van der Waals surface area (Å²) in [5.74, 6) is -0.712. The molecular weight excluding hydrogens is 895 g/mol. The minimum atomic E-state index is -1.67. The molecule has 0 aliphatic carbocycles. The number of ether oxygens (including phenoxy) is 2. The van der Waals surface area contributed by atoms with E-state index in [0.29, 0.717) is 19.3 Å². The Hall–Kier alpha value is -1.67. The molecule has 1 heterocycles. The van der Waals surface area contributed by atoms with Gasteiger partial charge >= 0.3 is 0 Å². The van der Waals surface area contributed by atoms with Crippen LogP contribution in [0.4, 0.5) is 0 Å². The fourth-order valence-electron chi connectivity index (χ4n) is 9.53. The van der Waals surface area contributed by atoms with Crippen molar-refractivity contribution >= 4 is 5.91 Å². The molecule has 0 radical (unpaired) electrons. The molecule has 11 nitrogen and oxygen atoms in total. The zero-order valence-corrected chi connectivity index (χ0v) is 45.7. The summed E-state index contributed by atoms with van der Waals surface area (Å²) in [5, 5.41) is 75.9. The van der Waals surface area contributed by atoms with Crippen LogP contribution in [0.1, 0.15) is 271 Å². The lowest BCUT2D eigenvalue weighted by atomic mass is 9.98. The Morgan fingerprint density at radius 2 is 0.845 bits per heavy atom. The molecule has 418 valence electrons. The molecule has 1 fully saturated rings. The van der Waals surface area contributed by atoms with E-state index in [9.17, 15) is 40.5 Å². The standard InChI is InChI=1S/C60H113NO10/c1-3-5-7-9-11-13-15-17-18-19-20-21-22-23-24-25-26-27-28-29-30-31-32-33-34-35-36-38-39-41-43-45-47-52(63)55(65)51(50-70-60-58(68)57(67)56(66)54(49-62)71-60)61-59(69)53(64)48-46-44-42-40-37-16-14-12-10-8-6-4-2/h30-31,34-35,39,41,51-58,60,62-68H,3-29,32-33,36-38,40,42-50H2,1-2H3,(H,61,69)/b31-30+,35-34+,41-39+. The summed E-state index contributed by atoms with van der Waals surface area (Å²) in [6.45, 7) is 3.44. The van der Waals surface area contributed by atoms with Crippen molar-refractivity contribution in [1.29, 1.82) is 0 Å². The number of amides is 1. The number of nitrogens with one attached hydrogen (secondary N) is 1. The average Bonchev–Trinajstić information content (AvgIpc) is 3.37. The van der Waals surface area contributed by atoms with Crippen molar-refractivity contribution in [2.45, 2.75) is 326 Å². The predicted molar refractivity (Wildman–Crippen MR) is 293 cm³/mol. The minimum absolute atomic E-state index is 0.242. The highest BCUT2D eigenvalue weighted by atomic mass is 16.7. The number of carbonyl (C=O) groups excluding carboxylic acids is 1. The van der Waals surface area contributed by atoms with Gasteiger partial charge in [0.05, 0.1) is 25.4 Å². The van der Waals surface area contributed by atoms with Gasteiger partial charge in [0.15, 0.2) is 6.29 Å². The molecule has 0 aromatic rings. The number of hydrogen-bond acceptors (Lipinski definition) is 10. The van der Waals surface area contributed by atoms with Crippen LogP contribution in [0.5, 0.6) is 0 Å². The molecule has 0 saturated carbocycles. The zero-order chi connectivity index (χ0) is 51.8. The van der Waals surface area contributed by atoms with Crippen LogP contribution in [0, 0.1) is 0 Å². The summed E-state index contributed by atoms with van der Waals surface area (Å²) in [6.07, 6.45) is 49.5. The van der Waals surface area contributed by atoms with E-state index < -0.39 is 74.2 Å². The summed E-state index contributed by atoms with van der Waals surface area (Å²) in [4.78, 5) is 13.1. The lowest BCUT2D eigenvalue weighted by molar-refractivity contribution is -0.303. The zero-order valence-electron chi connectivity index (χ0n) is 45.7. The van der Waals surface area contributed by atoms with E-state index in [0.717, 1.165) is 44.9 Å². The van der Waals surface area contributed by atoms with Crippen LogP contribution in [0.25, 0.3) is 0 Å². The Balaban J connectivity index is 2.26. The van der Waals surface area contributed by atoms with E-state index in [1.165, 1.54) is 180 Å². The molecular formula is C60H113NO10. The van der Waals surface area contributed by atoms with E-state index >= 15 is 0 Å². The van der Waals surface area contributed by atoms with Crippen LogP contribution in [0.15, 0.2) is 36.5 Å². The predicted octanol–water partition coefficient (Wildman–Crippen LogP) is 12.7. The third kappa shape index (κ3) is 37.7. The lowest BCUT2D eigenvalue weighted by Gasteiger charge is -2.40. The normalized spacial score (nSPS) is 20.4. The van der Waals surface area contributed by atoms with Crippen molar-refractivity contribution in [2.75, 3.05) is 13.2 Å². The van der Waals surface area contributed by atoms with Crippen LogP contribution >= 0.6 is 0 Å². The van der Waals surface area contributed by atoms with Crippen molar-refractivity contribution in [3.05, 3.63) is 36.5 Å². The van der Waals surface area contributed by atoms with Gasteiger partial charge < -0.3 is 50.5 Å². The quantitative estimate of drug-likeness (QED) is 0.0215. The van der Waals surface area contributed by atoms with E-state index in [-0.39, 0.29) is 12.8 Å². The van der Waals surface area contributed by atoms with Crippen molar-refractivity contribution < 1.29 is 50.0 Å². The van der Waals surface area contributed by atoms with Gasteiger partial charge in [-0.1, -0.05) is 243 Å². The van der Waals surface area contributed by atoms with Gasteiger partial charge in [-0.2, -0.15) is 0 Å². The highest BCUT2D eigenvalue weighted by Gasteiger charge is 2.44. The van der Waals surface area contributed by atoms with Gasteiger partial charge in [-0.3, -0.25) is 4.79 Å². The van der Waals surface area contributed by atoms with Gasteiger partial charge in [0.2, 0.25) is 5.91 Å². The second kappa shape index (κ2) is 49.2. The van der Waals surface area contributed by atoms with Crippen LogP contribution in [-0.2, 0) is 14.3 Å². The molecule has 11 heteroatoms. The maximum Gasteiger partial charge on any atom is 0.249 e. The minimum Gasteiger partial charge on any atom is -0.394 e. The van der Waals surface area contributed by atoms with Crippen molar-refractivity contribution in [2.24, 2.45) is 0 Å². The van der Waals surface area contributed by atoms with Crippen LogP contribution in [0.3, 0.4) is 0 Å². The number of allylic oxidation sites excluding steroid dienone is 6. The number of rotatable bonds is 51. The van der Waals surface area contributed by atoms with E-state index in [2.05, 4.69) is 55.6 Å². The summed E-state index contributed by atoms with van der Waals surface area (Å²) in [6, 6.07) is -1.19. The Morgan fingerprint density at radius 3 is 1.25 bits per heavy atom. The van der Waals surface area contributed by atoms with E-state index in [4.69, 9.17) is 9.47 Å². The van der Waals surface area contributed by atoms with Gasteiger partial charge in [-0.05, 0) is 64.2 Å². The second-order valence-corrected chi connectivity index (χ2v) is 21.0. The number of hydrogen-bond donors (Lipinski definition) is 8. The molecule has 0 aromatic heterocycles. The third-order valence-corrected chi connectivity index (χ3v) is 14.4.